The third-order valence-electron chi connectivity index (χ3n) is 4.88. The Morgan fingerprint density at radius 1 is 1.28 bits per heavy atom. The van der Waals surface area contributed by atoms with Crippen LogP contribution in [-0.4, -0.2) is 40.2 Å². The molecule has 0 atom stereocenters. The molecular formula is C18H23N3O4. The number of carbonyl (C=O) groups excluding carboxylic acids is 2. The van der Waals surface area contributed by atoms with Crippen LogP contribution in [-0.2, 0) is 16.0 Å². The first-order valence-electron chi connectivity index (χ1n) is 8.71. The minimum Gasteiger partial charge on any atom is -0.356 e. The van der Waals surface area contributed by atoms with Crippen LogP contribution in [0.25, 0.3) is 11.0 Å². The Bertz CT molecular complexity index is 735. The molecule has 2 heterocycles. The molecule has 1 aliphatic rings. The first kappa shape index (κ1) is 17.4. The van der Waals surface area contributed by atoms with Gasteiger partial charge in [-0.05, 0) is 43.7 Å². The lowest BCUT2D eigenvalue weighted by Gasteiger charge is -2.32. The second-order valence-corrected chi connectivity index (χ2v) is 6.55. The predicted molar refractivity (Wildman–Crippen MR) is 90.8 cm³/mol. The summed E-state index contributed by atoms with van der Waals surface area (Å²) >= 11 is 0. The summed E-state index contributed by atoms with van der Waals surface area (Å²) in [4.78, 5) is 25.4. The summed E-state index contributed by atoms with van der Waals surface area (Å²) < 4.78 is 5.26. The summed E-state index contributed by atoms with van der Waals surface area (Å²) in [6.07, 6.45) is 4.21. The summed E-state index contributed by atoms with van der Waals surface area (Å²) in [5, 5.41) is 13.4. The molecule has 0 unspecified atom stereocenters. The highest BCUT2D eigenvalue weighted by Crippen LogP contribution is 2.24. The fourth-order valence-electron chi connectivity index (χ4n) is 3.40. The number of hydroxylamine groups is 1. The van der Waals surface area contributed by atoms with E-state index >= 15 is 0 Å². The van der Waals surface area contributed by atoms with Gasteiger partial charge in [0.05, 0.1) is 6.42 Å². The van der Waals surface area contributed by atoms with Crippen molar-refractivity contribution in [3.8, 4) is 0 Å². The van der Waals surface area contributed by atoms with Crippen LogP contribution < -0.4 is 5.48 Å². The Labute approximate surface area is 145 Å². The number of hydrogen-bond donors (Lipinski definition) is 2. The Morgan fingerprint density at radius 2 is 2.04 bits per heavy atom. The number of carbonyl (C=O) groups is 2. The molecule has 1 fully saturated rings. The Kier molecular flexibility index (Phi) is 5.65. The predicted octanol–water partition coefficient (Wildman–Crippen LogP) is 2.28. The van der Waals surface area contributed by atoms with E-state index in [1.165, 1.54) is 0 Å². The van der Waals surface area contributed by atoms with Crippen molar-refractivity contribution in [2.24, 2.45) is 5.92 Å². The van der Waals surface area contributed by atoms with Crippen LogP contribution in [0.1, 0.15) is 37.8 Å². The molecule has 134 valence electrons. The minimum absolute atomic E-state index is 0.0807. The van der Waals surface area contributed by atoms with Crippen LogP contribution in [0.15, 0.2) is 28.8 Å². The van der Waals surface area contributed by atoms with Gasteiger partial charge < -0.3 is 9.42 Å². The number of hydrogen-bond acceptors (Lipinski definition) is 5. The molecule has 1 saturated heterocycles. The fourth-order valence-corrected chi connectivity index (χ4v) is 3.40. The highest BCUT2D eigenvalue weighted by Gasteiger charge is 2.24. The third kappa shape index (κ3) is 4.36. The average molecular weight is 345 g/mol. The smallest absolute Gasteiger partial charge is 0.243 e. The van der Waals surface area contributed by atoms with Gasteiger partial charge in [-0.25, -0.2) is 5.48 Å². The van der Waals surface area contributed by atoms with Crippen molar-refractivity contribution in [1.29, 1.82) is 0 Å². The number of nitrogens with zero attached hydrogens (tertiary/aromatic N) is 2. The molecule has 2 N–H and O–H groups in total. The van der Waals surface area contributed by atoms with E-state index in [2.05, 4.69) is 5.16 Å². The Morgan fingerprint density at radius 3 is 2.80 bits per heavy atom. The molecule has 7 heteroatoms. The summed E-state index contributed by atoms with van der Waals surface area (Å²) in [6, 6.07) is 7.56. The molecule has 0 bridgehead atoms. The van der Waals surface area contributed by atoms with Crippen LogP contribution in [0.5, 0.6) is 0 Å². The minimum atomic E-state index is -0.340. The van der Waals surface area contributed by atoms with Gasteiger partial charge >= 0.3 is 0 Å². The normalized spacial score (nSPS) is 15.5. The largest absolute Gasteiger partial charge is 0.356 e. The van der Waals surface area contributed by atoms with Gasteiger partial charge in [0.1, 0.15) is 5.69 Å². The second-order valence-electron chi connectivity index (χ2n) is 6.55. The molecule has 1 aromatic heterocycles. The number of nitrogens with one attached hydrogen (secondary N) is 1. The van der Waals surface area contributed by atoms with E-state index in [1.807, 2.05) is 29.2 Å². The van der Waals surface area contributed by atoms with Gasteiger partial charge in [0.25, 0.3) is 0 Å². The van der Waals surface area contributed by atoms with Crippen LogP contribution in [0.3, 0.4) is 0 Å². The van der Waals surface area contributed by atoms with Crippen LogP contribution in [0.4, 0.5) is 0 Å². The first-order valence-corrected chi connectivity index (χ1v) is 8.71. The van der Waals surface area contributed by atoms with Crippen molar-refractivity contribution >= 4 is 22.8 Å². The lowest BCUT2D eigenvalue weighted by atomic mass is 9.91. The zero-order valence-corrected chi connectivity index (χ0v) is 14.1. The summed E-state index contributed by atoms with van der Waals surface area (Å²) in [5.41, 5.74) is 3.05. The number of para-hydroxylation sites is 1. The summed E-state index contributed by atoms with van der Waals surface area (Å²) in [7, 11) is 0. The highest BCUT2D eigenvalue weighted by molar-refractivity contribution is 5.86. The Hall–Kier alpha value is -2.41. The molecular weight excluding hydrogens is 322 g/mol. The summed E-state index contributed by atoms with van der Waals surface area (Å²) in [5.74, 6) is 0.271. The van der Waals surface area contributed by atoms with Crippen LogP contribution in [0.2, 0.25) is 0 Å². The molecule has 1 aromatic carbocycles. The maximum absolute atomic E-state index is 12.5. The van der Waals surface area contributed by atoms with Gasteiger partial charge in [-0.15, -0.1) is 0 Å². The molecule has 0 spiro atoms. The maximum Gasteiger partial charge on any atom is 0.243 e. The van der Waals surface area contributed by atoms with Crippen molar-refractivity contribution in [2.75, 3.05) is 13.1 Å². The molecule has 2 aromatic rings. The highest BCUT2D eigenvalue weighted by atomic mass is 16.5. The molecule has 7 nitrogen and oxygen atoms in total. The van der Waals surface area contributed by atoms with Crippen molar-refractivity contribution in [2.45, 2.75) is 38.5 Å². The molecule has 0 radical (unpaired) electrons. The third-order valence-corrected chi connectivity index (χ3v) is 4.88. The second kappa shape index (κ2) is 8.11. The van der Waals surface area contributed by atoms with Gasteiger partial charge in [0.15, 0.2) is 5.58 Å². The fraction of sp³-hybridized carbons (Fsp3) is 0.500. The lowest BCUT2D eigenvalue weighted by Crippen LogP contribution is -2.39. The zero-order valence-electron chi connectivity index (χ0n) is 14.1. The van der Waals surface area contributed by atoms with Gasteiger partial charge in [-0.2, -0.15) is 0 Å². The van der Waals surface area contributed by atoms with Crippen LogP contribution >= 0.6 is 0 Å². The number of amides is 2. The molecule has 25 heavy (non-hydrogen) atoms. The van der Waals surface area contributed by atoms with Gasteiger partial charge in [-0.3, -0.25) is 14.8 Å². The standard InChI is InChI=1S/C18H23N3O4/c22-17(19-24)7-3-4-13-8-10-21(11-9-13)18(23)12-15-14-5-1-2-6-16(14)25-20-15/h1-2,5-6,13,24H,3-4,7-12H2,(H,19,22). The van der Waals surface area contributed by atoms with Crippen molar-refractivity contribution in [3.63, 3.8) is 0 Å². The van der Waals surface area contributed by atoms with Crippen LogP contribution in [0, 0.1) is 5.92 Å². The number of benzene rings is 1. The van der Waals surface area contributed by atoms with Crippen molar-refractivity contribution in [1.82, 2.24) is 15.5 Å². The number of rotatable bonds is 6. The SMILES string of the molecule is O=C(CCCC1CCN(C(=O)Cc2noc3ccccc23)CC1)NO. The first-order chi connectivity index (χ1) is 12.2. The van der Waals surface area contributed by atoms with Crippen molar-refractivity contribution in [3.05, 3.63) is 30.0 Å². The molecule has 2 amide bonds. The monoisotopic (exact) mass is 345 g/mol. The Balaban J connectivity index is 1.46. The van der Waals surface area contributed by atoms with E-state index < -0.39 is 0 Å². The van der Waals surface area contributed by atoms with E-state index in [1.54, 1.807) is 5.48 Å². The van der Waals surface area contributed by atoms with Crippen molar-refractivity contribution < 1.29 is 19.3 Å². The quantitative estimate of drug-likeness (QED) is 0.618. The van der Waals surface area contributed by atoms with Gasteiger partial charge in [0, 0.05) is 24.9 Å². The number of fused-ring (bicyclic) bond motifs is 1. The molecule has 3 rings (SSSR count). The summed E-state index contributed by atoms with van der Waals surface area (Å²) in [6.45, 7) is 1.48. The van der Waals surface area contributed by atoms with Gasteiger partial charge in [0.2, 0.25) is 11.8 Å². The van der Waals surface area contributed by atoms with E-state index in [-0.39, 0.29) is 18.2 Å². The van der Waals surface area contributed by atoms with Gasteiger partial charge in [-0.1, -0.05) is 17.3 Å². The van der Waals surface area contributed by atoms with E-state index in [9.17, 15) is 9.59 Å². The van der Waals surface area contributed by atoms with E-state index in [0.717, 1.165) is 44.2 Å². The zero-order chi connectivity index (χ0) is 17.6. The van der Waals surface area contributed by atoms with E-state index in [4.69, 9.17) is 9.73 Å². The van der Waals surface area contributed by atoms with E-state index in [0.29, 0.717) is 23.6 Å². The topological polar surface area (TPSA) is 95.7 Å². The molecule has 0 aliphatic carbocycles. The maximum atomic E-state index is 12.5. The molecule has 1 aliphatic heterocycles. The lowest BCUT2D eigenvalue weighted by molar-refractivity contribution is -0.132. The number of piperidine rings is 1. The number of aromatic nitrogens is 1. The average Bonchev–Trinajstić information content (AvgIpc) is 3.05. The molecule has 0 saturated carbocycles. The number of likely N-dealkylation sites (tertiary alicyclic amines) is 1.